The third-order valence-electron chi connectivity index (χ3n) is 6.44. The van der Waals surface area contributed by atoms with Crippen molar-refractivity contribution in [2.45, 2.75) is 63.6 Å². The average Bonchev–Trinajstić information content (AvgIpc) is 2.82. The van der Waals surface area contributed by atoms with Gasteiger partial charge in [0.15, 0.2) is 0 Å². The molecule has 2 aromatic rings. The van der Waals surface area contributed by atoms with Crippen molar-refractivity contribution in [3.63, 3.8) is 0 Å². The molecule has 3 N–H and O–H groups in total. The SMILES string of the molecule is COc1cccc(CNC[C@@H](O)[C@H](Cc2cccc(CC3CCCCC3)c2)NCB=O)c1. The van der Waals surface area contributed by atoms with Gasteiger partial charge in [-0.2, -0.15) is 0 Å². The van der Waals surface area contributed by atoms with Crippen molar-refractivity contribution in [2.24, 2.45) is 5.92 Å². The summed E-state index contributed by atoms with van der Waals surface area (Å²) in [6.07, 6.45) is 8.23. The summed E-state index contributed by atoms with van der Waals surface area (Å²) in [6, 6.07) is 16.4. The summed E-state index contributed by atoms with van der Waals surface area (Å²) in [5.41, 5.74) is 3.69. The van der Waals surface area contributed by atoms with Crippen molar-refractivity contribution >= 4 is 7.15 Å². The number of benzene rings is 2. The van der Waals surface area contributed by atoms with E-state index in [-0.39, 0.29) is 12.5 Å². The van der Waals surface area contributed by atoms with Crippen molar-refractivity contribution in [1.29, 1.82) is 0 Å². The predicted octanol–water partition coefficient (Wildman–Crippen LogP) is 3.48. The molecule has 3 rings (SSSR count). The predicted molar refractivity (Wildman–Crippen MR) is 129 cm³/mol. The van der Waals surface area contributed by atoms with Gasteiger partial charge in [-0.05, 0) is 0 Å². The van der Waals surface area contributed by atoms with E-state index in [4.69, 9.17) is 4.74 Å². The molecule has 2 aromatic carbocycles. The summed E-state index contributed by atoms with van der Waals surface area (Å²) >= 11 is 0. The van der Waals surface area contributed by atoms with Crippen LogP contribution in [0.25, 0.3) is 0 Å². The molecule has 1 aliphatic carbocycles. The molecule has 0 saturated heterocycles. The number of aliphatic hydroxyl groups is 1. The second-order valence-corrected chi connectivity index (χ2v) is 8.96. The van der Waals surface area contributed by atoms with E-state index in [0.29, 0.717) is 19.5 Å². The topological polar surface area (TPSA) is 70.6 Å². The molecule has 5 nitrogen and oxygen atoms in total. The van der Waals surface area contributed by atoms with E-state index < -0.39 is 6.10 Å². The Bertz CT molecular complexity index is 826. The summed E-state index contributed by atoms with van der Waals surface area (Å²) in [4.78, 5) is 0. The summed E-state index contributed by atoms with van der Waals surface area (Å²) in [7, 11) is 2.51. The minimum absolute atomic E-state index is 0.192. The first-order chi connectivity index (χ1) is 15.7. The molecule has 0 bridgehead atoms. The molecule has 0 aliphatic heterocycles. The Hall–Kier alpha value is -2.02. The Morgan fingerprint density at radius 3 is 2.59 bits per heavy atom. The van der Waals surface area contributed by atoms with Crippen LogP contribution in [0.1, 0.15) is 48.8 Å². The van der Waals surface area contributed by atoms with Crippen LogP contribution < -0.4 is 15.4 Å². The van der Waals surface area contributed by atoms with Gasteiger partial charge in [0.1, 0.15) is 0 Å². The molecule has 0 spiro atoms. The van der Waals surface area contributed by atoms with Crippen LogP contribution in [-0.2, 0) is 24.1 Å². The van der Waals surface area contributed by atoms with Gasteiger partial charge >= 0.3 is 193 Å². The van der Waals surface area contributed by atoms with Gasteiger partial charge in [-0.1, -0.05) is 0 Å². The van der Waals surface area contributed by atoms with Crippen molar-refractivity contribution in [3.05, 3.63) is 65.2 Å². The Balaban J connectivity index is 1.55. The van der Waals surface area contributed by atoms with Crippen LogP contribution in [0.15, 0.2) is 48.5 Å². The molecular weight excluding hydrogens is 399 g/mol. The van der Waals surface area contributed by atoms with Gasteiger partial charge in [0.25, 0.3) is 0 Å². The molecule has 0 radical (unpaired) electrons. The van der Waals surface area contributed by atoms with E-state index in [1.54, 1.807) is 7.11 Å². The number of methoxy groups -OCH3 is 1. The van der Waals surface area contributed by atoms with Crippen LogP contribution in [-0.4, -0.2) is 44.5 Å². The fourth-order valence-electron chi connectivity index (χ4n) is 4.69. The van der Waals surface area contributed by atoms with E-state index >= 15 is 0 Å². The molecule has 1 fully saturated rings. The minimum atomic E-state index is -0.609. The molecule has 0 heterocycles. The van der Waals surface area contributed by atoms with Crippen molar-refractivity contribution in [2.75, 3.05) is 20.1 Å². The van der Waals surface area contributed by atoms with Gasteiger partial charge in [0, 0.05) is 0 Å². The molecule has 6 heteroatoms. The zero-order valence-corrected chi connectivity index (χ0v) is 19.3. The van der Waals surface area contributed by atoms with Gasteiger partial charge in [-0.15, -0.1) is 0 Å². The van der Waals surface area contributed by atoms with Gasteiger partial charge in [-0.3, -0.25) is 0 Å². The maximum atomic E-state index is 10.9. The summed E-state index contributed by atoms with van der Waals surface area (Å²) < 4.78 is 16.2. The summed E-state index contributed by atoms with van der Waals surface area (Å²) in [5.74, 6) is 1.62. The van der Waals surface area contributed by atoms with E-state index in [1.165, 1.54) is 43.2 Å². The van der Waals surface area contributed by atoms with E-state index in [1.807, 2.05) is 24.3 Å². The van der Waals surface area contributed by atoms with Crippen LogP contribution in [0.5, 0.6) is 5.75 Å². The first-order valence-corrected chi connectivity index (χ1v) is 11.9. The number of hydrogen-bond donors (Lipinski definition) is 3. The maximum absolute atomic E-state index is 10.9. The molecule has 1 aliphatic rings. The quantitative estimate of drug-likeness (QED) is 0.420. The summed E-state index contributed by atoms with van der Waals surface area (Å²) in [5, 5.41) is 17.4. The molecule has 1 saturated carbocycles. The van der Waals surface area contributed by atoms with E-state index in [9.17, 15) is 9.81 Å². The Morgan fingerprint density at radius 2 is 1.81 bits per heavy atom. The molecule has 0 amide bonds. The average molecular weight is 436 g/mol. The number of hydrogen-bond acceptors (Lipinski definition) is 5. The van der Waals surface area contributed by atoms with Gasteiger partial charge < -0.3 is 0 Å². The number of ether oxygens (including phenoxy) is 1. The first kappa shape index (κ1) is 24.6. The van der Waals surface area contributed by atoms with Gasteiger partial charge in [-0.25, -0.2) is 0 Å². The Kier molecular flexibility index (Phi) is 10.4. The van der Waals surface area contributed by atoms with Gasteiger partial charge in [0.2, 0.25) is 0 Å². The third-order valence-corrected chi connectivity index (χ3v) is 6.44. The number of rotatable bonds is 13. The summed E-state index contributed by atoms with van der Waals surface area (Å²) in [6.45, 7) is 1.08. The number of nitrogens with one attached hydrogen (secondary N) is 2. The Labute approximate surface area is 193 Å². The second kappa shape index (κ2) is 13.5. The van der Waals surface area contributed by atoms with Crippen LogP contribution in [0.3, 0.4) is 0 Å². The normalized spacial score (nSPS) is 16.3. The van der Waals surface area contributed by atoms with E-state index in [2.05, 4.69) is 34.9 Å². The molecule has 172 valence electrons. The van der Waals surface area contributed by atoms with Crippen LogP contribution in [0.4, 0.5) is 0 Å². The standard InChI is InChI=1S/C26H37BN2O3/c1-32-24-12-6-11-23(15-24)17-28-18-26(30)25(29-19-27-31)16-22-10-5-9-21(14-22)13-20-7-3-2-4-8-20/h5-6,9-12,14-15,20,25-26,28-30H,2-4,7-8,13,16-19H2,1H3/t25-,26+/m0/s1. The second-order valence-electron chi connectivity index (χ2n) is 8.96. The zero-order chi connectivity index (χ0) is 22.6. The molecule has 0 unspecified atom stereocenters. The number of aliphatic hydroxyl groups excluding tert-OH is 1. The fraction of sp³-hybridized carbons (Fsp3) is 0.538. The molecule has 32 heavy (non-hydrogen) atoms. The first-order valence-electron chi connectivity index (χ1n) is 11.9. The van der Waals surface area contributed by atoms with E-state index in [0.717, 1.165) is 30.8 Å². The van der Waals surface area contributed by atoms with Crippen molar-refractivity contribution in [3.8, 4) is 5.75 Å². The zero-order valence-electron chi connectivity index (χ0n) is 19.3. The fourth-order valence-corrected chi connectivity index (χ4v) is 4.69. The Morgan fingerprint density at radius 1 is 1.06 bits per heavy atom. The molecule has 2 atom stereocenters. The van der Waals surface area contributed by atoms with Crippen molar-refractivity contribution in [1.82, 2.24) is 10.6 Å². The van der Waals surface area contributed by atoms with Gasteiger partial charge in [0.05, 0.1) is 0 Å². The van der Waals surface area contributed by atoms with Crippen molar-refractivity contribution < 1.29 is 14.5 Å². The van der Waals surface area contributed by atoms with Crippen LogP contribution >= 0.6 is 0 Å². The van der Waals surface area contributed by atoms with Crippen LogP contribution in [0, 0.1) is 5.92 Å². The molecule has 0 aromatic heterocycles. The molecular formula is C26H37BN2O3. The van der Waals surface area contributed by atoms with Crippen LogP contribution in [0.2, 0.25) is 0 Å². The third kappa shape index (κ3) is 8.16. The monoisotopic (exact) mass is 436 g/mol.